The Hall–Kier alpha value is -2.41. The van der Waals surface area contributed by atoms with Crippen molar-refractivity contribution in [2.75, 3.05) is 19.6 Å². The SMILES string of the molecule is CCC[NH+]1CC=C(NNC(=O)c2ccc([N+](=O)[O-])cc2)CC1. The maximum atomic E-state index is 12.0. The highest BCUT2D eigenvalue weighted by molar-refractivity contribution is 5.94. The van der Waals surface area contributed by atoms with E-state index in [1.807, 2.05) is 0 Å². The van der Waals surface area contributed by atoms with E-state index in [0.717, 1.165) is 25.2 Å². The first-order chi connectivity index (χ1) is 10.6. The smallest absolute Gasteiger partial charge is 0.269 e. The van der Waals surface area contributed by atoms with Gasteiger partial charge in [0.15, 0.2) is 0 Å². The van der Waals surface area contributed by atoms with Crippen LogP contribution < -0.4 is 15.8 Å². The van der Waals surface area contributed by atoms with Crippen molar-refractivity contribution in [1.82, 2.24) is 10.9 Å². The third kappa shape index (κ3) is 4.29. The Labute approximate surface area is 129 Å². The second-order valence-electron chi connectivity index (χ2n) is 5.32. The molecule has 0 aromatic heterocycles. The number of benzene rings is 1. The summed E-state index contributed by atoms with van der Waals surface area (Å²) in [7, 11) is 0. The minimum Gasteiger partial charge on any atom is -0.331 e. The molecule has 1 unspecified atom stereocenters. The van der Waals surface area contributed by atoms with Crippen LogP contribution in [0.4, 0.5) is 5.69 Å². The number of carbonyl (C=O) groups excluding carboxylic acids is 1. The zero-order chi connectivity index (χ0) is 15.9. The van der Waals surface area contributed by atoms with Gasteiger partial charge in [-0.25, -0.2) is 0 Å². The summed E-state index contributed by atoms with van der Waals surface area (Å²) in [4.78, 5) is 23.6. The molecular weight excluding hydrogens is 284 g/mol. The number of hydrogen-bond donors (Lipinski definition) is 3. The Morgan fingerprint density at radius 1 is 1.36 bits per heavy atom. The van der Waals surface area contributed by atoms with Gasteiger partial charge in [-0.05, 0) is 24.6 Å². The molecule has 1 amide bonds. The van der Waals surface area contributed by atoms with Crippen molar-refractivity contribution < 1.29 is 14.6 Å². The second kappa shape index (κ2) is 7.56. The predicted molar refractivity (Wildman–Crippen MR) is 82.3 cm³/mol. The van der Waals surface area contributed by atoms with Crippen molar-refractivity contribution in [3.8, 4) is 0 Å². The fourth-order valence-corrected chi connectivity index (χ4v) is 2.42. The van der Waals surface area contributed by atoms with Gasteiger partial charge in [-0.3, -0.25) is 20.3 Å². The van der Waals surface area contributed by atoms with Gasteiger partial charge in [0.1, 0.15) is 0 Å². The number of nitrogens with one attached hydrogen (secondary N) is 3. The minimum absolute atomic E-state index is 0.0292. The molecule has 0 aliphatic carbocycles. The number of non-ortho nitro benzene ring substituents is 1. The Morgan fingerprint density at radius 2 is 2.09 bits per heavy atom. The number of hydrazine groups is 1. The van der Waals surface area contributed by atoms with Crippen LogP contribution >= 0.6 is 0 Å². The van der Waals surface area contributed by atoms with Crippen molar-refractivity contribution in [2.45, 2.75) is 19.8 Å². The number of quaternary nitrogens is 1. The fourth-order valence-electron chi connectivity index (χ4n) is 2.42. The van der Waals surface area contributed by atoms with Gasteiger partial charge < -0.3 is 10.3 Å². The number of carbonyl (C=O) groups is 1. The van der Waals surface area contributed by atoms with E-state index in [4.69, 9.17) is 0 Å². The van der Waals surface area contributed by atoms with E-state index in [-0.39, 0.29) is 11.6 Å². The lowest BCUT2D eigenvalue weighted by Crippen LogP contribution is -3.12. The third-order valence-electron chi connectivity index (χ3n) is 3.67. The summed E-state index contributed by atoms with van der Waals surface area (Å²) in [6, 6.07) is 5.52. The van der Waals surface area contributed by atoms with Gasteiger partial charge in [0.05, 0.1) is 24.6 Å². The van der Waals surface area contributed by atoms with Crippen LogP contribution in [-0.2, 0) is 0 Å². The van der Waals surface area contributed by atoms with Crippen molar-refractivity contribution in [3.05, 3.63) is 51.7 Å². The van der Waals surface area contributed by atoms with E-state index >= 15 is 0 Å². The Morgan fingerprint density at radius 3 is 2.64 bits per heavy atom. The summed E-state index contributed by atoms with van der Waals surface area (Å²) in [6.45, 7) is 5.36. The number of amides is 1. The normalized spacial score (nSPS) is 17.5. The molecule has 1 aromatic carbocycles. The van der Waals surface area contributed by atoms with Crippen molar-refractivity contribution in [1.29, 1.82) is 0 Å². The maximum Gasteiger partial charge on any atom is 0.269 e. The Kier molecular flexibility index (Phi) is 5.48. The largest absolute Gasteiger partial charge is 0.331 e. The molecule has 1 atom stereocenters. The quantitative estimate of drug-likeness (QED) is 0.525. The monoisotopic (exact) mass is 305 g/mol. The number of rotatable bonds is 6. The summed E-state index contributed by atoms with van der Waals surface area (Å²) in [6.07, 6.45) is 4.17. The van der Waals surface area contributed by atoms with Gasteiger partial charge in [0.25, 0.3) is 11.6 Å². The second-order valence-corrected chi connectivity index (χ2v) is 5.32. The highest BCUT2D eigenvalue weighted by atomic mass is 16.6. The first kappa shape index (κ1) is 16.0. The maximum absolute atomic E-state index is 12.0. The summed E-state index contributed by atoms with van der Waals surface area (Å²) in [5.74, 6) is -0.306. The molecule has 0 spiro atoms. The zero-order valence-corrected chi connectivity index (χ0v) is 12.6. The fraction of sp³-hybridized carbons (Fsp3) is 0.400. The van der Waals surface area contributed by atoms with Gasteiger partial charge in [0, 0.05) is 29.8 Å². The van der Waals surface area contributed by atoms with Crippen LogP contribution in [0.15, 0.2) is 36.0 Å². The molecule has 0 saturated heterocycles. The van der Waals surface area contributed by atoms with Gasteiger partial charge >= 0.3 is 0 Å². The molecule has 1 heterocycles. The first-order valence-electron chi connectivity index (χ1n) is 7.43. The van der Waals surface area contributed by atoms with E-state index in [1.165, 1.54) is 37.2 Å². The molecule has 2 rings (SSSR count). The number of nitrogens with zero attached hydrogens (tertiary/aromatic N) is 1. The molecule has 118 valence electrons. The van der Waals surface area contributed by atoms with Crippen LogP contribution in [0.2, 0.25) is 0 Å². The standard InChI is InChI=1S/C15H20N4O3/c1-2-9-18-10-7-13(8-11-18)16-17-15(20)12-3-5-14(6-4-12)19(21)22/h3-7,16H,2,8-11H2,1H3,(H,17,20)/p+1. The summed E-state index contributed by atoms with van der Waals surface area (Å²) in [5, 5.41) is 10.6. The molecule has 0 radical (unpaired) electrons. The van der Waals surface area contributed by atoms with E-state index in [2.05, 4.69) is 23.9 Å². The lowest BCUT2D eigenvalue weighted by Gasteiger charge is -2.23. The lowest BCUT2D eigenvalue weighted by molar-refractivity contribution is -0.895. The van der Waals surface area contributed by atoms with E-state index < -0.39 is 4.92 Å². The molecule has 0 saturated carbocycles. The molecule has 1 aliphatic rings. The van der Waals surface area contributed by atoms with Crippen molar-refractivity contribution in [2.24, 2.45) is 0 Å². The van der Waals surface area contributed by atoms with E-state index in [9.17, 15) is 14.9 Å². The van der Waals surface area contributed by atoms with Crippen LogP contribution in [0, 0.1) is 10.1 Å². The third-order valence-corrected chi connectivity index (χ3v) is 3.67. The van der Waals surface area contributed by atoms with Crippen LogP contribution in [0.5, 0.6) is 0 Å². The van der Waals surface area contributed by atoms with E-state index in [1.54, 1.807) is 4.90 Å². The number of hydrogen-bond acceptors (Lipinski definition) is 4. The predicted octanol–water partition coefficient (Wildman–Crippen LogP) is 0.412. The Bertz CT molecular complexity index is 569. The van der Waals surface area contributed by atoms with Crippen LogP contribution in [0.25, 0.3) is 0 Å². The van der Waals surface area contributed by atoms with Crippen LogP contribution in [-0.4, -0.2) is 30.5 Å². The average molecular weight is 305 g/mol. The minimum atomic E-state index is -0.489. The Balaban J connectivity index is 1.84. The number of nitro benzene ring substituents is 1. The molecule has 0 bridgehead atoms. The molecule has 3 N–H and O–H groups in total. The van der Waals surface area contributed by atoms with Gasteiger partial charge in [-0.15, -0.1) is 0 Å². The summed E-state index contributed by atoms with van der Waals surface area (Å²) >= 11 is 0. The average Bonchev–Trinajstić information content (AvgIpc) is 2.54. The van der Waals surface area contributed by atoms with Crippen molar-refractivity contribution >= 4 is 11.6 Å². The van der Waals surface area contributed by atoms with E-state index in [0.29, 0.717) is 5.56 Å². The molecular formula is C15H21N4O3+. The summed E-state index contributed by atoms with van der Waals surface area (Å²) < 4.78 is 0. The van der Waals surface area contributed by atoms with Gasteiger partial charge in [-0.1, -0.05) is 6.92 Å². The molecule has 7 heteroatoms. The van der Waals surface area contributed by atoms with Gasteiger partial charge in [-0.2, -0.15) is 0 Å². The van der Waals surface area contributed by atoms with Crippen LogP contribution in [0.3, 0.4) is 0 Å². The molecule has 22 heavy (non-hydrogen) atoms. The molecule has 1 aromatic rings. The number of nitro groups is 1. The van der Waals surface area contributed by atoms with Crippen LogP contribution in [0.1, 0.15) is 30.1 Å². The molecule has 0 fully saturated rings. The topological polar surface area (TPSA) is 88.7 Å². The van der Waals surface area contributed by atoms with Crippen molar-refractivity contribution in [3.63, 3.8) is 0 Å². The zero-order valence-electron chi connectivity index (χ0n) is 12.6. The molecule has 1 aliphatic heterocycles. The highest BCUT2D eigenvalue weighted by Gasteiger charge is 2.14. The first-order valence-corrected chi connectivity index (χ1v) is 7.43. The molecule has 7 nitrogen and oxygen atoms in total. The summed E-state index contributed by atoms with van der Waals surface area (Å²) in [5.41, 5.74) is 6.92. The highest BCUT2D eigenvalue weighted by Crippen LogP contribution is 2.11. The lowest BCUT2D eigenvalue weighted by atomic mass is 10.2. The van der Waals surface area contributed by atoms with Gasteiger partial charge in [0.2, 0.25) is 0 Å².